The first-order valence-electron chi connectivity index (χ1n) is 8.16. The Morgan fingerprint density at radius 2 is 1.48 bits per heavy atom. The first kappa shape index (κ1) is 14.6. The zero-order valence-electron chi connectivity index (χ0n) is 12.5. The summed E-state index contributed by atoms with van der Waals surface area (Å²) in [5.41, 5.74) is 0. The van der Waals surface area contributed by atoms with Crippen molar-refractivity contribution in [3.05, 3.63) is 0 Å². The largest absolute Gasteiger partial charge is 0.481 e. The number of carboxylic acids is 1. The molecule has 0 bridgehead atoms. The molecule has 0 radical (unpaired) electrons. The molecular weight excluding hydrogens is 270 g/mol. The molecule has 0 aromatic heterocycles. The third-order valence-corrected chi connectivity index (χ3v) is 5.21. The Morgan fingerprint density at radius 1 is 0.857 bits per heavy atom. The number of urea groups is 1. The number of piperidine rings is 1. The molecule has 3 heterocycles. The van der Waals surface area contributed by atoms with E-state index in [-0.39, 0.29) is 11.9 Å². The van der Waals surface area contributed by atoms with Crippen molar-refractivity contribution in [1.29, 1.82) is 0 Å². The number of aliphatic carboxylic acids is 1. The predicted molar refractivity (Wildman–Crippen MR) is 78.1 cm³/mol. The molecular formula is C15H25N3O3. The van der Waals surface area contributed by atoms with Gasteiger partial charge in [-0.05, 0) is 45.2 Å². The SMILES string of the molecule is O=C(O)C1CCN(C(=O)N2CCC(N3CCCC3)C2)CC1. The summed E-state index contributed by atoms with van der Waals surface area (Å²) >= 11 is 0. The van der Waals surface area contributed by atoms with E-state index in [1.807, 2.05) is 9.80 Å². The summed E-state index contributed by atoms with van der Waals surface area (Å²) in [6.07, 6.45) is 4.83. The number of rotatable bonds is 2. The van der Waals surface area contributed by atoms with E-state index in [1.165, 1.54) is 25.9 Å². The van der Waals surface area contributed by atoms with E-state index in [1.54, 1.807) is 0 Å². The summed E-state index contributed by atoms with van der Waals surface area (Å²) in [5, 5.41) is 9.01. The topological polar surface area (TPSA) is 64.1 Å². The summed E-state index contributed by atoms with van der Waals surface area (Å²) < 4.78 is 0. The Bertz CT molecular complexity index is 401. The number of amides is 2. The van der Waals surface area contributed by atoms with Crippen LogP contribution >= 0.6 is 0 Å². The van der Waals surface area contributed by atoms with Crippen LogP contribution in [0.5, 0.6) is 0 Å². The Kier molecular flexibility index (Phi) is 4.33. The molecule has 21 heavy (non-hydrogen) atoms. The number of carboxylic acid groups (broad SMARTS) is 1. The summed E-state index contributed by atoms with van der Waals surface area (Å²) in [6, 6.07) is 0.647. The van der Waals surface area contributed by atoms with E-state index in [2.05, 4.69) is 4.90 Å². The van der Waals surface area contributed by atoms with Crippen LogP contribution in [0.1, 0.15) is 32.1 Å². The fourth-order valence-electron chi connectivity index (χ4n) is 3.84. The summed E-state index contributed by atoms with van der Waals surface area (Å²) in [4.78, 5) is 29.8. The maximum absolute atomic E-state index is 12.5. The highest BCUT2D eigenvalue weighted by molar-refractivity contribution is 5.76. The molecule has 3 saturated heterocycles. The quantitative estimate of drug-likeness (QED) is 0.828. The zero-order valence-corrected chi connectivity index (χ0v) is 12.5. The number of hydrogen-bond donors (Lipinski definition) is 1. The van der Waals surface area contributed by atoms with Gasteiger partial charge in [-0.25, -0.2) is 4.79 Å². The minimum atomic E-state index is -0.725. The van der Waals surface area contributed by atoms with Crippen LogP contribution in [0.2, 0.25) is 0 Å². The molecule has 118 valence electrons. The van der Waals surface area contributed by atoms with Gasteiger partial charge in [0, 0.05) is 32.2 Å². The molecule has 3 fully saturated rings. The Labute approximate surface area is 125 Å². The lowest BCUT2D eigenvalue weighted by molar-refractivity contribution is -0.143. The first-order chi connectivity index (χ1) is 10.1. The van der Waals surface area contributed by atoms with Crippen molar-refractivity contribution in [2.75, 3.05) is 39.3 Å². The van der Waals surface area contributed by atoms with Crippen molar-refractivity contribution in [3.8, 4) is 0 Å². The van der Waals surface area contributed by atoms with Gasteiger partial charge in [0.1, 0.15) is 0 Å². The predicted octanol–water partition coefficient (Wildman–Crippen LogP) is 1.07. The van der Waals surface area contributed by atoms with Crippen LogP contribution in [-0.4, -0.2) is 77.1 Å². The molecule has 3 rings (SSSR count). The summed E-state index contributed by atoms with van der Waals surface area (Å²) in [6.45, 7) is 5.21. The van der Waals surface area contributed by atoms with Gasteiger partial charge in [0.05, 0.1) is 5.92 Å². The molecule has 1 N–H and O–H groups in total. The highest BCUT2D eigenvalue weighted by atomic mass is 16.4. The molecule has 1 unspecified atom stereocenters. The molecule has 3 aliphatic rings. The normalized spacial score (nSPS) is 28.3. The van der Waals surface area contributed by atoms with E-state index in [9.17, 15) is 9.59 Å². The second-order valence-corrected chi connectivity index (χ2v) is 6.51. The van der Waals surface area contributed by atoms with Gasteiger partial charge < -0.3 is 14.9 Å². The second kappa shape index (κ2) is 6.22. The van der Waals surface area contributed by atoms with Crippen LogP contribution in [0, 0.1) is 5.92 Å². The molecule has 3 aliphatic heterocycles. The van der Waals surface area contributed by atoms with Crippen LogP contribution in [-0.2, 0) is 4.79 Å². The van der Waals surface area contributed by atoms with Crippen LogP contribution in [0.15, 0.2) is 0 Å². The van der Waals surface area contributed by atoms with Gasteiger partial charge in [0.15, 0.2) is 0 Å². The second-order valence-electron chi connectivity index (χ2n) is 6.51. The summed E-state index contributed by atoms with van der Waals surface area (Å²) in [5.74, 6) is -0.998. The van der Waals surface area contributed by atoms with Gasteiger partial charge >= 0.3 is 12.0 Å². The maximum Gasteiger partial charge on any atom is 0.320 e. The number of carbonyl (C=O) groups excluding carboxylic acids is 1. The zero-order chi connectivity index (χ0) is 14.8. The average molecular weight is 295 g/mol. The van der Waals surface area contributed by atoms with Crippen molar-refractivity contribution in [2.24, 2.45) is 5.92 Å². The van der Waals surface area contributed by atoms with E-state index < -0.39 is 5.97 Å². The molecule has 1 atom stereocenters. The van der Waals surface area contributed by atoms with Crippen molar-refractivity contribution >= 4 is 12.0 Å². The fraction of sp³-hybridized carbons (Fsp3) is 0.867. The Morgan fingerprint density at radius 3 is 2.10 bits per heavy atom. The monoisotopic (exact) mass is 295 g/mol. The van der Waals surface area contributed by atoms with E-state index >= 15 is 0 Å². The van der Waals surface area contributed by atoms with Crippen LogP contribution in [0.4, 0.5) is 4.79 Å². The van der Waals surface area contributed by atoms with Crippen molar-refractivity contribution < 1.29 is 14.7 Å². The smallest absolute Gasteiger partial charge is 0.320 e. The van der Waals surface area contributed by atoms with Crippen LogP contribution in [0.25, 0.3) is 0 Å². The fourth-order valence-corrected chi connectivity index (χ4v) is 3.84. The van der Waals surface area contributed by atoms with Crippen molar-refractivity contribution in [3.63, 3.8) is 0 Å². The molecule has 0 aromatic carbocycles. The molecule has 0 spiro atoms. The van der Waals surface area contributed by atoms with Crippen molar-refractivity contribution in [2.45, 2.75) is 38.1 Å². The number of carbonyl (C=O) groups is 2. The molecule has 0 saturated carbocycles. The molecule has 6 nitrogen and oxygen atoms in total. The van der Waals surface area contributed by atoms with E-state index in [0.29, 0.717) is 32.0 Å². The Balaban J connectivity index is 1.49. The first-order valence-corrected chi connectivity index (χ1v) is 8.16. The number of likely N-dealkylation sites (tertiary alicyclic amines) is 3. The van der Waals surface area contributed by atoms with Gasteiger partial charge in [0.25, 0.3) is 0 Å². The molecule has 2 amide bonds. The van der Waals surface area contributed by atoms with E-state index in [0.717, 1.165) is 19.5 Å². The van der Waals surface area contributed by atoms with Gasteiger partial charge in [0.2, 0.25) is 0 Å². The maximum atomic E-state index is 12.5. The van der Waals surface area contributed by atoms with Gasteiger partial charge in [-0.2, -0.15) is 0 Å². The van der Waals surface area contributed by atoms with Crippen LogP contribution in [0.3, 0.4) is 0 Å². The number of nitrogens with zero attached hydrogens (tertiary/aromatic N) is 3. The average Bonchev–Trinajstić information content (AvgIpc) is 3.17. The molecule has 6 heteroatoms. The third-order valence-electron chi connectivity index (χ3n) is 5.21. The highest BCUT2D eigenvalue weighted by Crippen LogP contribution is 2.23. The third kappa shape index (κ3) is 3.15. The minimum Gasteiger partial charge on any atom is -0.481 e. The summed E-state index contributed by atoms with van der Waals surface area (Å²) in [7, 11) is 0. The lowest BCUT2D eigenvalue weighted by atomic mass is 9.97. The van der Waals surface area contributed by atoms with Gasteiger partial charge in [-0.15, -0.1) is 0 Å². The lowest BCUT2D eigenvalue weighted by Gasteiger charge is -2.33. The lowest BCUT2D eigenvalue weighted by Crippen LogP contribution is -2.47. The van der Waals surface area contributed by atoms with Gasteiger partial charge in [-0.3, -0.25) is 9.69 Å². The number of hydrogen-bond acceptors (Lipinski definition) is 3. The van der Waals surface area contributed by atoms with Crippen LogP contribution < -0.4 is 0 Å². The van der Waals surface area contributed by atoms with Crippen molar-refractivity contribution in [1.82, 2.24) is 14.7 Å². The molecule has 0 aromatic rings. The standard InChI is InChI=1S/C15H25N3O3/c19-14(20)12-3-8-17(9-4-12)15(21)18-10-5-13(11-18)16-6-1-2-7-16/h12-13H,1-11H2,(H,19,20). The van der Waals surface area contributed by atoms with Gasteiger partial charge in [-0.1, -0.05) is 0 Å². The Hall–Kier alpha value is -1.30. The minimum absolute atomic E-state index is 0.112. The van der Waals surface area contributed by atoms with E-state index in [4.69, 9.17) is 5.11 Å². The highest BCUT2D eigenvalue weighted by Gasteiger charge is 2.35. The molecule has 0 aliphatic carbocycles.